The van der Waals surface area contributed by atoms with Gasteiger partial charge in [0.2, 0.25) is 11.8 Å². The Morgan fingerprint density at radius 1 is 1.33 bits per heavy atom. The SMILES string of the molecule is CCN(C(=O)c1cccc2c1CCC2)[C@@H]1CC(=O)NC1=O. The summed E-state index contributed by atoms with van der Waals surface area (Å²) < 4.78 is 0. The van der Waals surface area contributed by atoms with Gasteiger partial charge in [0.05, 0.1) is 6.42 Å². The standard InChI is InChI=1S/C16H18N2O3/c1-2-18(13-9-14(19)17-15(13)20)16(21)12-8-4-6-10-5-3-7-11(10)12/h4,6,8,13H,2-3,5,7,9H2,1H3,(H,17,19,20)/t13-/m1/s1. The predicted octanol–water partition coefficient (Wildman–Crippen LogP) is 1.05. The maximum atomic E-state index is 12.8. The van der Waals surface area contributed by atoms with E-state index < -0.39 is 6.04 Å². The fourth-order valence-corrected chi connectivity index (χ4v) is 3.27. The number of rotatable bonds is 3. The molecule has 1 saturated heterocycles. The van der Waals surface area contributed by atoms with Gasteiger partial charge in [-0.3, -0.25) is 19.7 Å². The number of fused-ring (bicyclic) bond motifs is 1. The van der Waals surface area contributed by atoms with E-state index in [9.17, 15) is 14.4 Å². The molecule has 21 heavy (non-hydrogen) atoms. The van der Waals surface area contributed by atoms with Crippen molar-refractivity contribution in [1.82, 2.24) is 10.2 Å². The van der Waals surface area contributed by atoms with E-state index >= 15 is 0 Å². The van der Waals surface area contributed by atoms with Crippen molar-refractivity contribution in [3.8, 4) is 0 Å². The highest BCUT2D eigenvalue weighted by Gasteiger charge is 2.38. The zero-order valence-corrected chi connectivity index (χ0v) is 12.0. The smallest absolute Gasteiger partial charge is 0.254 e. The number of imide groups is 1. The summed E-state index contributed by atoms with van der Waals surface area (Å²) in [6.07, 6.45) is 3.04. The van der Waals surface area contributed by atoms with Crippen LogP contribution in [-0.4, -0.2) is 35.2 Å². The molecule has 3 rings (SSSR count). The lowest BCUT2D eigenvalue weighted by molar-refractivity contribution is -0.126. The Hall–Kier alpha value is -2.17. The molecule has 0 unspecified atom stereocenters. The zero-order valence-electron chi connectivity index (χ0n) is 12.0. The number of carbonyl (C=O) groups is 3. The average molecular weight is 286 g/mol. The highest BCUT2D eigenvalue weighted by atomic mass is 16.2. The van der Waals surface area contributed by atoms with E-state index in [0.29, 0.717) is 12.1 Å². The number of aryl methyl sites for hydroxylation is 1. The molecule has 0 bridgehead atoms. The molecule has 5 nitrogen and oxygen atoms in total. The number of hydrogen-bond acceptors (Lipinski definition) is 3. The van der Waals surface area contributed by atoms with E-state index in [-0.39, 0.29) is 24.1 Å². The molecule has 0 radical (unpaired) electrons. The van der Waals surface area contributed by atoms with Crippen molar-refractivity contribution in [2.45, 2.75) is 38.6 Å². The van der Waals surface area contributed by atoms with Crippen molar-refractivity contribution in [1.29, 1.82) is 0 Å². The summed E-state index contributed by atoms with van der Waals surface area (Å²) in [5.41, 5.74) is 3.01. The van der Waals surface area contributed by atoms with E-state index in [1.807, 2.05) is 19.1 Å². The molecule has 3 amide bonds. The Balaban J connectivity index is 1.92. The third-order valence-electron chi connectivity index (χ3n) is 4.30. The van der Waals surface area contributed by atoms with E-state index in [4.69, 9.17) is 0 Å². The molecule has 1 aliphatic carbocycles. The minimum Gasteiger partial charge on any atom is -0.326 e. The first-order chi connectivity index (χ1) is 10.1. The molecule has 1 aromatic rings. The molecule has 0 saturated carbocycles. The van der Waals surface area contributed by atoms with Crippen molar-refractivity contribution in [2.75, 3.05) is 6.54 Å². The number of nitrogens with zero attached hydrogens (tertiary/aromatic N) is 1. The molecule has 1 aromatic carbocycles. The highest BCUT2D eigenvalue weighted by Crippen LogP contribution is 2.27. The van der Waals surface area contributed by atoms with Gasteiger partial charge in [-0.2, -0.15) is 0 Å². The lowest BCUT2D eigenvalue weighted by Gasteiger charge is -2.26. The first kappa shape index (κ1) is 13.8. The van der Waals surface area contributed by atoms with Crippen molar-refractivity contribution >= 4 is 17.7 Å². The molecule has 2 aliphatic rings. The molecule has 1 atom stereocenters. The van der Waals surface area contributed by atoms with Crippen LogP contribution in [0.4, 0.5) is 0 Å². The van der Waals surface area contributed by atoms with Crippen LogP contribution in [0.1, 0.15) is 41.3 Å². The number of benzene rings is 1. The van der Waals surface area contributed by atoms with Gasteiger partial charge in [-0.05, 0) is 43.4 Å². The van der Waals surface area contributed by atoms with Gasteiger partial charge in [-0.1, -0.05) is 12.1 Å². The van der Waals surface area contributed by atoms with Gasteiger partial charge in [0, 0.05) is 12.1 Å². The third kappa shape index (κ3) is 2.33. The van der Waals surface area contributed by atoms with Gasteiger partial charge >= 0.3 is 0 Å². The van der Waals surface area contributed by atoms with Crippen molar-refractivity contribution in [2.24, 2.45) is 0 Å². The van der Waals surface area contributed by atoms with Gasteiger partial charge in [0.1, 0.15) is 6.04 Å². The molecule has 1 aliphatic heterocycles. The topological polar surface area (TPSA) is 66.5 Å². The summed E-state index contributed by atoms with van der Waals surface area (Å²) >= 11 is 0. The van der Waals surface area contributed by atoms with Crippen LogP contribution in [-0.2, 0) is 22.4 Å². The van der Waals surface area contributed by atoms with Gasteiger partial charge < -0.3 is 4.90 Å². The largest absolute Gasteiger partial charge is 0.326 e. The van der Waals surface area contributed by atoms with Gasteiger partial charge in [-0.25, -0.2) is 0 Å². The number of nitrogens with one attached hydrogen (secondary N) is 1. The van der Waals surface area contributed by atoms with Crippen molar-refractivity contribution in [3.05, 3.63) is 34.9 Å². The molecule has 0 aromatic heterocycles. The minimum absolute atomic E-state index is 0.0629. The average Bonchev–Trinajstić information content (AvgIpc) is 3.06. The van der Waals surface area contributed by atoms with Crippen LogP contribution in [0.2, 0.25) is 0 Å². The summed E-state index contributed by atoms with van der Waals surface area (Å²) in [5, 5.41) is 2.27. The van der Waals surface area contributed by atoms with Crippen molar-refractivity contribution < 1.29 is 14.4 Å². The quantitative estimate of drug-likeness (QED) is 0.845. The molecule has 1 N–H and O–H groups in total. The maximum absolute atomic E-state index is 12.8. The first-order valence-electron chi connectivity index (χ1n) is 7.37. The van der Waals surface area contributed by atoms with E-state index in [2.05, 4.69) is 11.4 Å². The van der Waals surface area contributed by atoms with Gasteiger partial charge in [0.25, 0.3) is 5.91 Å². The molecule has 5 heteroatoms. The van der Waals surface area contributed by atoms with Crippen LogP contribution in [0.5, 0.6) is 0 Å². The summed E-state index contributed by atoms with van der Waals surface area (Å²) in [5.74, 6) is -0.830. The summed E-state index contributed by atoms with van der Waals surface area (Å²) in [6.45, 7) is 2.24. The molecular weight excluding hydrogens is 268 g/mol. The molecule has 0 spiro atoms. The molecule has 1 heterocycles. The molecular formula is C16H18N2O3. The molecule has 110 valence electrons. The first-order valence-corrected chi connectivity index (χ1v) is 7.37. The second kappa shape index (κ2) is 5.31. The monoisotopic (exact) mass is 286 g/mol. The lowest BCUT2D eigenvalue weighted by atomic mass is 10.0. The number of amides is 3. The van der Waals surface area contributed by atoms with Gasteiger partial charge in [-0.15, -0.1) is 0 Å². The van der Waals surface area contributed by atoms with Crippen LogP contribution < -0.4 is 5.32 Å². The van der Waals surface area contributed by atoms with Crippen LogP contribution in [0.15, 0.2) is 18.2 Å². The number of likely N-dealkylation sites (N-methyl/N-ethyl adjacent to an activating group) is 1. The fraction of sp³-hybridized carbons (Fsp3) is 0.438. The lowest BCUT2D eigenvalue weighted by Crippen LogP contribution is -2.44. The zero-order chi connectivity index (χ0) is 15.0. The normalized spacial score (nSPS) is 20.3. The Kier molecular flexibility index (Phi) is 3.49. The third-order valence-corrected chi connectivity index (χ3v) is 4.30. The number of hydrogen-bond donors (Lipinski definition) is 1. The molecule has 1 fully saturated rings. The Labute approximate surface area is 123 Å². The highest BCUT2D eigenvalue weighted by molar-refractivity contribution is 6.08. The van der Waals surface area contributed by atoms with Crippen LogP contribution in [0, 0.1) is 0 Å². The summed E-state index contributed by atoms with van der Waals surface area (Å²) in [4.78, 5) is 37.5. The van der Waals surface area contributed by atoms with Crippen LogP contribution in [0.3, 0.4) is 0 Å². The summed E-state index contributed by atoms with van der Waals surface area (Å²) in [7, 11) is 0. The van der Waals surface area contributed by atoms with Gasteiger partial charge in [0.15, 0.2) is 0 Å². The van der Waals surface area contributed by atoms with Crippen LogP contribution in [0.25, 0.3) is 0 Å². The van der Waals surface area contributed by atoms with Crippen molar-refractivity contribution in [3.63, 3.8) is 0 Å². The second-order valence-corrected chi connectivity index (χ2v) is 5.52. The number of carbonyl (C=O) groups excluding carboxylic acids is 3. The Bertz CT molecular complexity index is 624. The Morgan fingerprint density at radius 2 is 2.14 bits per heavy atom. The second-order valence-electron chi connectivity index (χ2n) is 5.52. The maximum Gasteiger partial charge on any atom is 0.254 e. The van der Waals surface area contributed by atoms with E-state index in [1.165, 1.54) is 10.5 Å². The van der Waals surface area contributed by atoms with E-state index in [1.54, 1.807) is 0 Å². The Morgan fingerprint density at radius 3 is 2.81 bits per heavy atom. The minimum atomic E-state index is -0.674. The van der Waals surface area contributed by atoms with E-state index in [0.717, 1.165) is 24.8 Å². The predicted molar refractivity (Wildman–Crippen MR) is 76.7 cm³/mol. The fourth-order valence-electron chi connectivity index (χ4n) is 3.27. The summed E-state index contributed by atoms with van der Waals surface area (Å²) in [6, 6.07) is 5.10. The van der Waals surface area contributed by atoms with Crippen LogP contribution >= 0.6 is 0 Å².